The van der Waals surface area contributed by atoms with Crippen LogP contribution in [0.3, 0.4) is 0 Å². The Morgan fingerprint density at radius 2 is 2.07 bits per heavy atom. The van der Waals surface area contributed by atoms with E-state index in [4.69, 9.17) is 5.73 Å². The first kappa shape index (κ1) is 11.2. The van der Waals surface area contributed by atoms with Crippen molar-refractivity contribution in [2.45, 2.75) is 6.36 Å². The van der Waals surface area contributed by atoms with Gasteiger partial charge in [0.1, 0.15) is 0 Å². The van der Waals surface area contributed by atoms with Gasteiger partial charge in [0.15, 0.2) is 5.82 Å². The summed E-state index contributed by atoms with van der Waals surface area (Å²) < 4.78 is 51.4. The minimum atomic E-state index is -5.08. The van der Waals surface area contributed by atoms with Crippen LogP contribution in [-0.2, 0) is 0 Å². The third-order valence-corrected chi connectivity index (χ3v) is 1.34. The van der Waals surface area contributed by atoms with Crippen molar-refractivity contribution in [3.05, 3.63) is 23.6 Å². The quantitative estimate of drug-likeness (QED) is 0.768. The van der Waals surface area contributed by atoms with Crippen LogP contribution < -0.4 is 10.5 Å². The number of aromatic nitrogens is 1. The second-order valence-electron chi connectivity index (χ2n) is 2.39. The SMILES string of the molecule is NC(=O)c1ccnc(OC(F)(F)F)c1F. The number of nitrogens with zero attached hydrogens (tertiary/aromatic N) is 1. The highest BCUT2D eigenvalue weighted by Gasteiger charge is 2.34. The van der Waals surface area contributed by atoms with E-state index in [0.717, 1.165) is 12.3 Å². The fourth-order valence-electron chi connectivity index (χ4n) is 0.796. The molecule has 1 aromatic rings. The van der Waals surface area contributed by atoms with E-state index in [9.17, 15) is 22.4 Å². The molecule has 0 aliphatic rings. The van der Waals surface area contributed by atoms with E-state index in [1.165, 1.54) is 0 Å². The van der Waals surface area contributed by atoms with Crippen LogP contribution in [0.25, 0.3) is 0 Å². The van der Waals surface area contributed by atoms with Crippen molar-refractivity contribution in [3.8, 4) is 5.88 Å². The van der Waals surface area contributed by atoms with Gasteiger partial charge in [-0.25, -0.2) is 9.37 Å². The highest BCUT2D eigenvalue weighted by molar-refractivity contribution is 5.93. The van der Waals surface area contributed by atoms with Crippen LogP contribution in [0.1, 0.15) is 10.4 Å². The van der Waals surface area contributed by atoms with Crippen molar-refractivity contribution in [1.29, 1.82) is 0 Å². The second kappa shape index (κ2) is 3.71. The molecule has 0 aromatic carbocycles. The lowest BCUT2D eigenvalue weighted by Crippen LogP contribution is -2.21. The Bertz CT molecular complexity index is 391. The van der Waals surface area contributed by atoms with Crippen molar-refractivity contribution in [3.63, 3.8) is 0 Å². The number of carbonyl (C=O) groups excluding carboxylic acids is 1. The Kier molecular flexibility index (Phi) is 2.78. The molecule has 0 saturated carbocycles. The summed E-state index contributed by atoms with van der Waals surface area (Å²) in [5.74, 6) is -4.08. The molecule has 0 aliphatic heterocycles. The predicted molar refractivity (Wildman–Crippen MR) is 39.4 cm³/mol. The van der Waals surface area contributed by atoms with E-state index in [2.05, 4.69) is 9.72 Å². The van der Waals surface area contributed by atoms with Crippen molar-refractivity contribution in [1.82, 2.24) is 4.98 Å². The lowest BCUT2D eigenvalue weighted by atomic mass is 10.2. The first-order valence-electron chi connectivity index (χ1n) is 3.51. The molecule has 15 heavy (non-hydrogen) atoms. The molecule has 0 atom stereocenters. The summed E-state index contributed by atoms with van der Waals surface area (Å²) in [6, 6.07) is 0.848. The molecular weight excluding hydrogens is 220 g/mol. The molecule has 1 heterocycles. The number of ether oxygens (including phenoxy) is 1. The zero-order valence-electron chi connectivity index (χ0n) is 7.01. The summed E-state index contributed by atoms with van der Waals surface area (Å²) >= 11 is 0. The molecule has 0 radical (unpaired) electrons. The topological polar surface area (TPSA) is 65.2 Å². The number of halogens is 4. The largest absolute Gasteiger partial charge is 0.574 e. The number of alkyl halides is 3. The first-order chi connectivity index (χ1) is 6.81. The van der Waals surface area contributed by atoms with Crippen LogP contribution in [0.2, 0.25) is 0 Å². The monoisotopic (exact) mass is 224 g/mol. The average molecular weight is 224 g/mol. The van der Waals surface area contributed by atoms with Gasteiger partial charge < -0.3 is 10.5 Å². The predicted octanol–water partition coefficient (Wildman–Crippen LogP) is 1.22. The number of primary amides is 1. The molecule has 1 rings (SSSR count). The number of amides is 1. The number of hydrogen-bond acceptors (Lipinski definition) is 3. The number of hydrogen-bond donors (Lipinski definition) is 1. The van der Waals surface area contributed by atoms with Crippen LogP contribution >= 0.6 is 0 Å². The van der Waals surface area contributed by atoms with Crippen LogP contribution in [0, 0.1) is 5.82 Å². The van der Waals surface area contributed by atoms with Crippen LogP contribution in [0.15, 0.2) is 12.3 Å². The summed E-state index contributed by atoms with van der Waals surface area (Å²) in [5.41, 5.74) is 3.99. The molecule has 4 nitrogen and oxygen atoms in total. The first-order valence-corrected chi connectivity index (χ1v) is 3.51. The zero-order valence-corrected chi connectivity index (χ0v) is 7.01. The molecular formula is C7H4F4N2O2. The number of carbonyl (C=O) groups is 1. The van der Waals surface area contributed by atoms with Gasteiger partial charge in [0.2, 0.25) is 0 Å². The molecule has 2 N–H and O–H groups in total. The van der Waals surface area contributed by atoms with Crippen molar-refractivity contribution >= 4 is 5.91 Å². The summed E-state index contributed by atoms with van der Waals surface area (Å²) in [6.45, 7) is 0. The normalized spacial score (nSPS) is 11.2. The van der Waals surface area contributed by atoms with Crippen molar-refractivity contribution < 1.29 is 27.1 Å². The fourth-order valence-corrected chi connectivity index (χ4v) is 0.796. The molecule has 1 aromatic heterocycles. The number of nitrogens with two attached hydrogens (primary N) is 1. The molecule has 0 aliphatic carbocycles. The van der Waals surface area contributed by atoms with E-state index >= 15 is 0 Å². The second-order valence-corrected chi connectivity index (χ2v) is 2.39. The van der Waals surface area contributed by atoms with Gasteiger partial charge in [-0.15, -0.1) is 13.2 Å². The van der Waals surface area contributed by atoms with Crippen LogP contribution in [0.5, 0.6) is 5.88 Å². The van der Waals surface area contributed by atoms with Crippen LogP contribution in [-0.4, -0.2) is 17.3 Å². The summed E-state index contributed by atoms with van der Waals surface area (Å²) in [7, 11) is 0. The van der Waals surface area contributed by atoms with E-state index in [1.54, 1.807) is 0 Å². The average Bonchev–Trinajstić information content (AvgIpc) is 2.05. The van der Waals surface area contributed by atoms with Crippen molar-refractivity contribution in [2.75, 3.05) is 0 Å². The van der Waals surface area contributed by atoms with E-state index in [-0.39, 0.29) is 0 Å². The maximum absolute atomic E-state index is 13.1. The summed E-state index contributed by atoms with van der Waals surface area (Å²) in [5, 5.41) is 0. The Labute approximate surface area is 80.7 Å². The molecule has 0 unspecified atom stereocenters. The number of pyridine rings is 1. The standard InChI is InChI=1S/C7H4F4N2O2/c8-4-3(5(12)14)1-2-13-6(4)15-7(9,10)11/h1-2H,(H2,12,14). The lowest BCUT2D eigenvalue weighted by molar-refractivity contribution is -0.277. The molecule has 0 fully saturated rings. The van der Waals surface area contributed by atoms with Gasteiger partial charge in [0.25, 0.3) is 11.8 Å². The summed E-state index contributed by atoms with van der Waals surface area (Å²) in [4.78, 5) is 13.5. The van der Waals surface area contributed by atoms with Crippen LogP contribution in [0.4, 0.5) is 17.6 Å². The molecule has 0 spiro atoms. The maximum Gasteiger partial charge on any atom is 0.574 e. The Morgan fingerprint density at radius 1 is 1.47 bits per heavy atom. The third kappa shape index (κ3) is 2.79. The van der Waals surface area contributed by atoms with Gasteiger partial charge >= 0.3 is 6.36 Å². The molecule has 0 bridgehead atoms. The smallest absolute Gasteiger partial charge is 0.385 e. The third-order valence-electron chi connectivity index (χ3n) is 1.34. The van der Waals surface area contributed by atoms with Gasteiger partial charge in [-0.1, -0.05) is 0 Å². The highest BCUT2D eigenvalue weighted by Crippen LogP contribution is 2.24. The van der Waals surface area contributed by atoms with Gasteiger partial charge in [-0.05, 0) is 6.07 Å². The Morgan fingerprint density at radius 3 is 2.53 bits per heavy atom. The maximum atomic E-state index is 13.1. The van der Waals surface area contributed by atoms with Gasteiger partial charge in [0, 0.05) is 6.20 Å². The van der Waals surface area contributed by atoms with E-state index in [0.29, 0.717) is 0 Å². The molecule has 8 heteroatoms. The van der Waals surface area contributed by atoms with E-state index < -0.39 is 29.5 Å². The van der Waals surface area contributed by atoms with Gasteiger partial charge in [-0.2, -0.15) is 0 Å². The molecule has 0 saturated heterocycles. The Balaban J connectivity index is 3.10. The molecule has 82 valence electrons. The fraction of sp³-hybridized carbons (Fsp3) is 0.143. The highest BCUT2D eigenvalue weighted by atomic mass is 19.4. The van der Waals surface area contributed by atoms with E-state index in [1.807, 2.05) is 0 Å². The minimum absolute atomic E-state index is 0.718. The van der Waals surface area contributed by atoms with Gasteiger partial charge in [0.05, 0.1) is 5.56 Å². The summed E-state index contributed by atoms with van der Waals surface area (Å²) in [6.07, 6.45) is -4.30. The number of rotatable bonds is 2. The van der Waals surface area contributed by atoms with Crippen molar-refractivity contribution in [2.24, 2.45) is 5.73 Å². The zero-order chi connectivity index (χ0) is 11.6. The van der Waals surface area contributed by atoms with Gasteiger partial charge in [-0.3, -0.25) is 4.79 Å². The lowest BCUT2D eigenvalue weighted by Gasteiger charge is -2.09. The Hall–Kier alpha value is -1.86. The minimum Gasteiger partial charge on any atom is -0.385 e. The molecule has 1 amide bonds.